The molecule has 0 atom stereocenters. The zero-order valence-corrected chi connectivity index (χ0v) is 14.8. The Hall–Kier alpha value is -2.15. The molecule has 0 unspecified atom stereocenters. The van der Waals surface area contributed by atoms with Crippen LogP contribution in [0.5, 0.6) is 0 Å². The van der Waals surface area contributed by atoms with Gasteiger partial charge in [-0.2, -0.15) is 0 Å². The first-order valence-corrected chi connectivity index (χ1v) is 9.19. The van der Waals surface area contributed by atoms with Crippen molar-refractivity contribution in [1.82, 2.24) is 14.6 Å². The summed E-state index contributed by atoms with van der Waals surface area (Å²) in [5, 5.41) is 0.962. The molecule has 0 amide bonds. The fourth-order valence-electron chi connectivity index (χ4n) is 3.43. The number of thiophene rings is 1. The molecule has 0 bridgehead atoms. The molecule has 0 aliphatic heterocycles. The molecule has 1 aliphatic rings. The van der Waals surface area contributed by atoms with E-state index in [9.17, 15) is 4.79 Å². The number of rotatable bonds is 3. The second-order valence-corrected chi connectivity index (χ2v) is 7.57. The summed E-state index contributed by atoms with van der Waals surface area (Å²) >= 11 is 1.42. The molecule has 3 aromatic heterocycles. The average molecular weight is 343 g/mol. The maximum Gasteiger partial charge on any atom is 0.289 e. The Kier molecular flexibility index (Phi) is 3.88. The number of anilines is 1. The monoisotopic (exact) mass is 343 g/mol. The summed E-state index contributed by atoms with van der Waals surface area (Å²) in [7, 11) is 3.98. The van der Waals surface area contributed by atoms with Crippen LogP contribution in [0, 0.1) is 0 Å². The molecule has 1 fully saturated rings. The lowest BCUT2D eigenvalue weighted by Gasteiger charge is -2.24. The lowest BCUT2D eigenvalue weighted by atomic mass is 9.96. The van der Waals surface area contributed by atoms with E-state index in [-0.39, 0.29) is 5.56 Å². The standard InChI is InChI=1S/C17H21N5OS/c1-21(2)12-8-9-18-16-13(12)14-15(24-16)17(23)22(10-19-14)20-11-6-4-3-5-7-11/h8-11,20H,3-7H2,1-2H3. The molecule has 1 aliphatic carbocycles. The summed E-state index contributed by atoms with van der Waals surface area (Å²) in [5.74, 6) is 0. The summed E-state index contributed by atoms with van der Waals surface area (Å²) in [6.07, 6.45) is 9.37. The minimum absolute atomic E-state index is 0.0294. The molecule has 0 saturated heterocycles. The van der Waals surface area contributed by atoms with Crippen LogP contribution in [-0.4, -0.2) is 34.8 Å². The van der Waals surface area contributed by atoms with Crippen molar-refractivity contribution >= 4 is 37.5 Å². The molecule has 0 aromatic carbocycles. The molecular formula is C17H21N5OS. The van der Waals surface area contributed by atoms with Crippen molar-refractivity contribution in [2.75, 3.05) is 24.4 Å². The fraction of sp³-hybridized carbons (Fsp3) is 0.471. The van der Waals surface area contributed by atoms with Crippen LogP contribution in [0.4, 0.5) is 5.69 Å². The smallest absolute Gasteiger partial charge is 0.289 e. The minimum Gasteiger partial charge on any atom is -0.377 e. The van der Waals surface area contributed by atoms with Crippen molar-refractivity contribution in [3.05, 3.63) is 28.9 Å². The maximum absolute atomic E-state index is 12.9. The van der Waals surface area contributed by atoms with Gasteiger partial charge < -0.3 is 10.3 Å². The minimum atomic E-state index is -0.0294. The first-order chi connectivity index (χ1) is 11.6. The Labute approximate surface area is 144 Å². The second-order valence-electron chi connectivity index (χ2n) is 6.57. The fourth-order valence-corrected chi connectivity index (χ4v) is 4.48. The highest BCUT2D eigenvalue weighted by Crippen LogP contribution is 2.34. The summed E-state index contributed by atoms with van der Waals surface area (Å²) in [6.45, 7) is 0. The highest BCUT2D eigenvalue weighted by Gasteiger charge is 2.18. The predicted molar refractivity (Wildman–Crippen MR) is 99.7 cm³/mol. The average Bonchev–Trinajstić information content (AvgIpc) is 2.98. The third kappa shape index (κ3) is 2.53. The molecule has 4 rings (SSSR count). The van der Waals surface area contributed by atoms with Crippen molar-refractivity contribution < 1.29 is 0 Å². The zero-order chi connectivity index (χ0) is 16.7. The Bertz CT molecular complexity index is 939. The van der Waals surface area contributed by atoms with E-state index in [1.807, 2.05) is 25.1 Å². The lowest BCUT2D eigenvalue weighted by molar-refractivity contribution is 0.435. The van der Waals surface area contributed by atoms with Crippen molar-refractivity contribution in [1.29, 1.82) is 0 Å². The van der Waals surface area contributed by atoms with E-state index in [1.54, 1.807) is 17.2 Å². The highest BCUT2D eigenvalue weighted by molar-refractivity contribution is 7.25. The van der Waals surface area contributed by atoms with Crippen molar-refractivity contribution in [3.63, 3.8) is 0 Å². The van der Waals surface area contributed by atoms with Crippen LogP contribution >= 0.6 is 11.3 Å². The summed E-state index contributed by atoms with van der Waals surface area (Å²) in [5.41, 5.74) is 5.10. The van der Waals surface area contributed by atoms with Crippen LogP contribution in [-0.2, 0) is 0 Å². The van der Waals surface area contributed by atoms with E-state index in [0.717, 1.165) is 34.3 Å². The Balaban J connectivity index is 1.83. The summed E-state index contributed by atoms with van der Waals surface area (Å²) in [6, 6.07) is 2.32. The Morgan fingerprint density at radius 3 is 2.79 bits per heavy atom. The van der Waals surface area contributed by atoms with Gasteiger partial charge in [-0.25, -0.2) is 14.6 Å². The van der Waals surface area contributed by atoms with Crippen LogP contribution in [0.15, 0.2) is 23.4 Å². The lowest BCUT2D eigenvalue weighted by Crippen LogP contribution is -2.36. The van der Waals surface area contributed by atoms with E-state index in [2.05, 4.69) is 15.4 Å². The molecule has 1 N–H and O–H groups in total. The number of hydrogen-bond donors (Lipinski definition) is 1. The number of fused-ring (bicyclic) bond motifs is 3. The highest BCUT2D eigenvalue weighted by atomic mass is 32.1. The molecule has 3 heterocycles. The molecule has 7 heteroatoms. The van der Waals surface area contributed by atoms with Crippen molar-refractivity contribution in [3.8, 4) is 0 Å². The number of aromatic nitrogens is 3. The van der Waals surface area contributed by atoms with Gasteiger partial charge in [0.2, 0.25) is 0 Å². The molecular weight excluding hydrogens is 322 g/mol. The summed E-state index contributed by atoms with van der Waals surface area (Å²) in [4.78, 5) is 24.8. The van der Waals surface area contributed by atoms with Crippen molar-refractivity contribution in [2.45, 2.75) is 38.1 Å². The maximum atomic E-state index is 12.9. The van der Waals surface area contributed by atoms with Crippen LogP contribution in [0.25, 0.3) is 20.4 Å². The van der Waals surface area contributed by atoms with Gasteiger partial charge in [0, 0.05) is 26.3 Å². The summed E-state index contributed by atoms with van der Waals surface area (Å²) < 4.78 is 2.22. The van der Waals surface area contributed by atoms with Gasteiger partial charge in [-0.05, 0) is 18.9 Å². The number of pyridine rings is 1. The van der Waals surface area contributed by atoms with E-state index >= 15 is 0 Å². The molecule has 0 radical (unpaired) electrons. The van der Waals surface area contributed by atoms with Crippen LogP contribution in [0.2, 0.25) is 0 Å². The Morgan fingerprint density at radius 1 is 1.25 bits per heavy atom. The van der Waals surface area contributed by atoms with Gasteiger partial charge in [0.05, 0.1) is 11.1 Å². The van der Waals surface area contributed by atoms with Gasteiger partial charge in [-0.1, -0.05) is 19.3 Å². The second kappa shape index (κ2) is 6.05. The number of nitrogens with zero attached hydrogens (tertiary/aromatic N) is 4. The van der Waals surface area contributed by atoms with Crippen molar-refractivity contribution in [2.24, 2.45) is 0 Å². The zero-order valence-electron chi connectivity index (χ0n) is 14.0. The largest absolute Gasteiger partial charge is 0.377 e. The van der Waals surface area contributed by atoms with Gasteiger partial charge in [0.15, 0.2) is 0 Å². The normalized spacial score (nSPS) is 15.9. The van der Waals surface area contributed by atoms with Crippen LogP contribution in [0.3, 0.4) is 0 Å². The van der Waals surface area contributed by atoms with E-state index in [4.69, 9.17) is 0 Å². The van der Waals surface area contributed by atoms with Crippen LogP contribution < -0.4 is 15.9 Å². The van der Waals surface area contributed by atoms with Gasteiger partial charge in [0.1, 0.15) is 21.4 Å². The Morgan fingerprint density at radius 2 is 2.04 bits per heavy atom. The van der Waals surface area contributed by atoms with E-state index < -0.39 is 0 Å². The van der Waals surface area contributed by atoms with E-state index in [1.165, 1.54) is 30.6 Å². The number of hydrogen-bond acceptors (Lipinski definition) is 6. The van der Waals surface area contributed by atoms with Gasteiger partial charge in [0.25, 0.3) is 5.56 Å². The molecule has 3 aromatic rings. The molecule has 6 nitrogen and oxygen atoms in total. The van der Waals surface area contributed by atoms with E-state index in [0.29, 0.717) is 10.7 Å². The van der Waals surface area contributed by atoms with Gasteiger partial charge in [-0.3, -0.25) is 4.79 Å². The quantitative estimate of drug-likeness (QED) is 0.792. The topological polar surface area (TPSA) is 63.1 Å². The first kappa shape index (κ1) is 15.4. The molecule has 0 spiro atoms. The first-order valence-electron chi connectivity index (χ1n) is 8.38. The van der Waals surface area contributed by atoms with Gasteiger partial charge >= 0.3 is 0 Å². The van der Waals surface area contributed by atoms with Gasteiger partial charge in [-0.15, -0.1) is 11.3 Å². The predicted octanol–water partition coefficient (Wildman–Crippen LogP) is 2.95. The third-order valence-electron chi connectivity index (χ3n) is 4.67. The van der Waals surface area contributed by atoms with Crippen LogP contribution in [0.1, 0.15) is 32.1 Å². The third-order valence-corrected chi connectivity index (χ3v) is 5.74. The molecule has 126 valence electrons. The SMILES string of the molecule is CN(C)c1ccnc2sc3c(=O)n(NC4CCCCC4)cnc3c12. The molecule has 24 heavy (non-hydrogen) atoms. The molecule has 1 saturated carbocycles. The number of nitrogens with one attached hydrogen (secondary N) is 1.